The van der Waals surface area contributed by atoms with Crippen molar-refractivity contribution in [1.29, 1.82) is 0 Å². The number of rotatable bonds is 2. The maximum absolute atomic E-state index is 6.47. The minimum absolute atomic E-state index is 0.830. The lowest BCUT2D eigenvalue weighted by atomic mass is 10.0. The Hall–Kier alpha value is -2.14. The monoisotopic (exact) mass is 380 g/mol. The van der Waals surface area contributed by atoms with Crippen LogP contribution in [0, 0.1) is 0 Å². The molecule has 26 heavy (non-hydrogen) atoms. The van der Waals surface area contributed by atoms with Gasteiger partial charge in [0.15, 0.2) is 0 Å². The van der Waals surface area contributed by atoms with E-state index in [0.29, 0.717) is 0 Å². The van der Waals surface area contributed by atoms with E-state index in [0.717, 1.165) is 46.4 Å². The molecule has 2 aromatic heterocycles. The van der Waals surface area contributed by atoms with E-state index in [1.807, 2.05) is 42.5 Å². The second kappa shape index (κ2) is 6.23. The van der Waals surface area contributed by atoms with Crippen LogP contribution in [0.25, 0.3) is 33.3 Å². The van der Waals surface area contributed by atoms with E-state index in [-0.39, 0.29) is 0 Å². The van der Waals surface area contributed by atoms with E-state index in [1.54, 1.807) is 11.3 Å². The van der Waals surface area contributed by atoms with Gasteiger partial charge in [-0.1, -0.05) is 23.7 Å². The van der Waals surface area contributed by atoms with Crippen LogP contribution in [0.1, 0.15) is 21.9 Å². The minimum atomic E-state index is 0.830. The number of likely N-dealkylation sites (N-methyl/N-ethyl adjacent to an activating group) is 1. The molecular formula is C21H17ClN2OS. The summed E-state index contributed by atoms with van der Waals surface area (Å²) in [6, 6.07) is 12.1. The van der Waals surface area contributed by atoms with Gasteiger partial charge in [-0.2, -0.15) is 0 Å². The Morgan fingerprint density at radius 2 is 2.04 bits per heavy atom. The Balaban J connectivity index is 1.62. The Morgan fingerprint density at radius 3 is 2.92 bits per heavy atom. The first-order valence-electron chi connectivity index (χ1n) is 8.64. The number of thiazole rings is 1. The van der Waals surface area contributed by atoms with Crippen LogP contribution in [0.2, 0.25) is 5.02 Å². The topological polar surface area (TPSA) is 29.3 Å². The molecule has 5 rings (SSSR count). The number of para-hydroxylation sites is 1. The van der Waals surface area contributed by atoms with Crippen LogP contribution in [-0.4, -0.2) is 23.5 Å². The lowest BCUT2D eigenvalue weighted by Crippen LogP contribution is -2.18. The lowest BCUT2D eigenvalue weighted by Gasteiger charge is -2.12. The highest BCUT2D eigenvalue weighted by Crippen LogP contribution is 2.37. The van der Waals surface area contributed by atoms with Crippen LogP contribution >= 0.6 is 22.9 Å². The van der Waals surface area contributed by atoms with Gasteiger partial charge in [0, 0.05) is 29.1 Å². The molecule has 0 spiro atoms. The summed E-state index contributed by atoms with van der Waals surface area (Å²) < 4.78 is 7.37. The van der Waals surface area contributed by atoms with E-state index in [9.17, 15) is 0 Å². The van der Waals surface area contributed by atoms with Crippen molar-refractivity contribution in [1.82, 2.24) is 9.88 Å². The molecule has 4 aromatic rings. The van der Waals surface area contributed by atoms with E-state index in [1.165, 1.54) is 21.2 Å². The molecule has 1 aliphatic heterocycles. The highest BCUT2D eigenvalue weighted by Gasteiger charge is 2.22. The molecular weight excluding hydrogens is 364 g/mol. The third-order valence-electron chi connectivity index (χ3n) is 4.90. The highest BCUT2D eigenvalue weighted by molar-refractivity contribution is 7.19. The maximum Gasteiger partial charge on any atom is 0.135 e. The van der Waals surface area contributed by atoms with Gasteiger partial charge in [-0.25, -0.2) is 4.98 Å². The second-order valence-electron chi connectivity index (χ2n) is 6.68. The van der Waals surface area contributed by atoms with Crippen LogP contribution in [0.4, 0.5) is 0 Å². The van der Waals surface area contributed by atoms with Crippen molar-refractivity contribution in [3.05, 3.63) is 63.3 Å². The van der Waals surface area contributed by atoms with Crippen molar-refractivity contribution < 1.29 is 4.42 Å². The highest BCUT2D eigenvalue weighted by atomic mass is 35.5. The van der Waals surface area contributed by atoms with Gasteiger partial charge in [0.25, 0.3) is 0 Å². The molecule has 0 unspecified atom stereocenters. The Kier molecular flexibility index (Phi) is 3.85. The summed E-state index contributed by atoms with van der Waals surface area (Å²) in [7, 11) is 2.14. The van der Waals surface area contributed by atoms with Gasteiger partial charge in [-0.15, -0.1) is 11.3 Å². The van der Waals surface area contributed by atoms with Crippen molar-refractivity contribution in [2.75, 3.05) is 13.6 Å². The number of furan rings is 1. The van der Waals surface area contributed by atoms with Crippen LogP contribution in [0.5, 0.6) is 0 Å². The molecule has 0 aliphatic carbocycles. The predicted molar refractivity (Wildman–Crippen MR) is 110 cm³/mol. The summed E-state index contributed by atoms with van der Waals surface area (Å²) in [6.45, 7) is 1.86. The normalized spacial score (nSPS) is 15.3. The zero-order chi connectivity index (χ0) is 17.7. The molecule has 0 radical (unpaired) electrons. The summed E-state index contributed by atoms with van der Waals surface area (Å²) >= 11 is 8.16. The zero-order valence-corrected chi connectivity index (χ0v) is 15.9. The van der Waals surface area contributed by atoms with Gasteiger partial charge in [0.2, 0.25) is 0 Å². The quantitative estimate of drug-likeness (QED) is 0.436. The van der Waals surface area contributed by atoms with E-state index >= 15 is 0 Å². The molecule has 0 N–H and O–H groups in total. The fourth-order valence-corrected chi connectivity index (χ4v) is 4.74. The number of nitrogens with zero attached hydrogens (tertiary/aromatic N) is 2. The molecule has 3 heterocycles. The molecule has 0 atom stereocenters. The van der Waals surface area contributed by atoms with Crippen LogP contribution in [0.15, 0.2) is 40.8 Å². The van der Waals surface area contributed by atoms with Gasteiger partial charge in [-0.05, 0) is 55.4 Å². The Labute approximate surface area is 160 Å². The van der Waals surface area contributed by atoms with Gasteiger partial charge < -0.3 is 9.32 Å². The largest absolute Gasteiger partial charge is 0.456 e. The molecule has 2 aromatic carbocycles. The van der Waals surface area contributed by atoms with Crippen molar-refractivity contribution in [2.24, 2.45) is 0 Å². The molecule has 0 saturated carbocycles. The number of benzene rings is 2. The first-order valence-corrected chi connectivity index (χ1v) is 9.83. The van der Waals surface area contributed by atoms with Crippen molar-refractivity contribution in [3.8, 4) is 0 Å². The fraction of sp³-hybridized carbons (Fsp3) is 0.190. The molecule has 0 saturated heterocycles. The summed E-state index contributed by atoms with van der Waals surface area (Å²) in [5, 5.41) is 3.00. The number of aromatic nitrogens is 1. The number of halogens is 1. The van der Waals surface area contributed by atoms with Crippen LogP contribution in [-0.2, 0) is 13.0 Å². The third kappa shape index (κ3) is 2.65. The van der Waals surface area contributed by atoms with E-state index in [2.05, 4.69) is 23.0 Å². The van der Waals surface area contributed by atoms with Crippen molar-refractivity contribution in [3.63, 3.8) is 0 Å². The Morgan fingerprint density at radius 1 is 1.15 bits per heavy atom. The number of fused-ring (bicyclic) bond motifs is 1. The lowest BCUT2D eigenvalue weighted by molar-refractivity contribution is 0.334. The summed E-state index contributed by atoms with van der Waals surface area (Å²) in [5.74, 6) is 0.900. The zero-order valence-electron chi connectivity index (χ0n) is 14.3. The number of hydrogen-bond acceptors (Lipinski definition) is 4. The predicted octanol–water partition coefficient (Wildman–Crippen LogP) is 5.85. The maximum atomic E-state index is 6.47. The molecule has 0 bridgehead atoms. The Bertz CT molecular complexity index is 1120. The SMILES string of the molecule is CN1CCc2c(Cl)ccc3oc(/C=C/c4nc5ccccc5s4)c(c23)C1. The average molecular weight is 381 g/mol. The van der Waals surface area contributed by atoms with Crippen LogP contribution in [0.3, 0.4) is 0 Å². The molecule has 5 heteroatoms. The molecule has 3 nitrogen and oxygen atoms in total. The standard InChI is InChI=1S/C21H17ClN2OS/c1-24-11-10-13-15(22)6-7-18-21(13)14(12-24)17(25-18)8-9-20-23-16-4-2-3-5-19(16)26-20/h2-9H,10-12H2,1H3/b9-8+. The molecule has 130 valence electrons. The molecule has 1 aliphatic rings. The van der Waals surface area contributed by atoms with E-state index in [4.69, 9.17) is 16.0 Å². The van der Waals surface area contributed by atoms with Gasteiger partial charge >= 0.3 is 0 Å². The summed E-state index contributed by atoms with van der Waals surface area (Å²) in [5.41, 5.74) is 4.37. The fourth-order valence-electron chi connectivity index (χ4n) is 3.62. The van der Waals surface area contributed by atoms with Gasteiger partial charge in [-0.3, -0.25) is 0 Å². The van der Waals surface area contributed by atoms with E-state index < -0.39 is 0 Å². The van der Waals surface area contributed by atoms with Gasteiger partial charge in [0.05, 0.1) is 10.2 Å². The first-order chi connectivity index (χ1) is 12.7. The van der Waals surface area contributed by atoms with Crippen LogP contribution < -0.4 is 0 Å². The van der Waals surface area contributed by atoms with Gasteiger partial charge in [0.1, 0.15) is 16.4 Å². The van der Waals surface area contributed by atoms with Crippen molar-refractivity contribution >= 4 is 56.3 Å². The minimum Gasteiger partial charge on any atom is -0.456 e. The molecule has 0 amide bonds. The average Bonchev–Trinajstić information content (AvgIpc) is 3.15. The first kappa shape index (κ1) is 16.1. The summed E-state index contributed by atoms with van der Waals surface area (Å²) in [6.07, 6.45) is 5.04. The molecule has 0 fully saturated rings. The second-order valence-corrected chi connectivity index (χ2v) is 8.15. The smallest absolute Gasteiger partial charge is 0.135 e. The third-order valence-corrected chi connectivity index (χ3v) is 6.25. The van der Waals surface area contributed by atoms with Crippen molar-refractivity contribution in [2.45, 2.75) is 13.0 Å². The number of hydrogen-bond donors (Lipinski definition) is 0. The summed E-state index contributed by atoms with van der Waals surface area (Å²) in [4.78, 5) is 6.99.